The Hall–Kier alpha value is -1.69. The molecule has 2 heterocycles. The van der Waals surface area contributed by atoms with Gasteiger partial charge in [-0.2, -0.15) is 0 Å². The highest BCUT2D eigenvalue weighted by molar-refractivity contribution is 5.92. The highest BCUT2D eigenvalue weighted by atomic mass is 16.5. The lowest BCUT2D eigenvalue weighted by Crippen LogP contribution is -2.30. The van der Waals surface area contributed by atoms with E-state index in [1.54, 1.807) is 13.2 Å². The van der Waals surface area contributed by atoms with E-state index < -0.39 is 0 Å². The van der Waals surface area contributed by atoms with Gasteiger partial charge in [0.2, 0.25) is 5.95 Å². The standard InChI is InChI=1S/C15H24N4O2/c1-12-11-13(14(20)16-7-10-21-2)18-15(17-12)19-8-5-3-4-6-9-19/h11H,3-10H2,1-2H3,(H,16,20). The second kappa shape index (κ2) is 7.93. The van der Waals surface area contributed by atoms with Gasteiger partial charge in [-0.05, 0) is 25.8 Å². The summed E-state index contributed by atoms with van der Waals surface area (Å²) in [5.74, 6) is 0.502. The monoisotopic (exact) mass is 292 g/mol. The van der Waals surface area contributed by atoms with E-state index in [-0.39, 0.29) is 5.91 Å². The molecule has 1 saturated heterocycles. The smallest absolute Gasteiger partial charge is 0.270 e. The maximum Gasteiger partial charge on any atom is 0.270 e. The Morgan fingerprint density at radius 1 is 1.29 bits per heavy atom. The number of carbonyl (C=O) groups excluding carboxylic acids is 1. The van der Waals surface area contributed by atoms with Crippen molar-refractivity contribution >= 4 is 11.9 Å². The Kier molecular flexibility index (Phi) is 5.92. The molecule has 21 heavy (non-hydrogen) atoms. The van der Waals surface area contributed by atoms with Gasteiger partial charge < -0.3 is 15.0 Å². The largest absolute Gasteiger partial charge is 0.383 e. The molecule has 0 radical (unpaired) electrons. The van der Waals surface area contributed by atoms with Gasteiger partial charge in [-0.3, -0.25) is 4.79 Å². The van der Waals surface area contributed by atoms with Crippen molar-refractivity contribution in [2.45, 2.75) is 32.6 Å². The third-order valence-electron chi connectivity index (χ3n) is 3.56. The van der Waals surface area contributed by atoms with Crippen molar-refractivity contribution in [3.63, 3.8) is 0 Å². The van der Waals surface area contributed by atoms with Crippen LogP contribution in [0.4, 0.5) is 5.95 Å². The van der Waals surface area contributed by atoms with Crippen molar-refractivity contribution in [3.05, 3.63) is 17.5 Å². The van der Waals surface area contributed by atoms with Crippen LogP contribution in [0.15, 0.2) is 6.07 Å². The van der Waals surface area contributed by atoms with Crippen LogP contribution in [-0.2, 0) is 4.74 Å². The van der Waals surface area contributed by atoms with Gasteiger partial charge in [-0.1, -0.05) is 12.8 Å². The van der Waals surface area contributed by atoms with E-state index in [1.807, 2.05) is 6.92 Å². The van der Waals surface area contributed by atoms with Crippen LogP contribution in [0.5, 0.6) is 0 Å². The molecule has 0 unspecified atom stereocenters. The van der Waals surface area contributed by atoms with Crippen LogP contribution in [0.3, 0.4) is 0 Å². The summed E-state index contributed by atoms with van der Waals surface area (Å²) in [7, 11) is 1.61. The maximum atomic E-state index is 12.1. The molecule has 6 heteroatoms. The molecule has 0 atom stereocenters. The van der Waals surface area contributed by atoms with Crippen molar-refractivity contribution < 1.29 is 9.53 Å². The first-order valence-corrected chi connectivity index (χ1v) is 7.58. The lowest BCUT2D eigenvalue weighted by atomic mass is 10.2. The Labute approximate surface area is 125 Å². The molecule has 1 aliphatic rings. The maximum absolute atomic E-state index is 12.1. The van der Waals surface area contributed by atoms with Crippen LogP contribution >= 0.6 is 0 Å². The summed E-state index contributed by atoms with van der Waals surface area (Å²) in [4.78, 5) is 23.2. The number of anilines is 1. The molecular formula is C15H24N4O2. The average molecular weight is 292 g/mol. The third-order valence-corrected chi connectivity index (χ3v) is 3.56. The number of nitrogens with one attached hydrogen (secondary N) is 1. The number of hydrogen-bond acceptors (Lipinski definition) is 5. The lowest BCUT2D eigenvalue weighted by molar-refractivity contribution is 0.0932. The normalized spacial score (nSPS) is 15.6. The van der Waals surface area contributed by atoms with Crippen molar-refractivity contribution in [3.8, 4) is 0 Å². The number of nitrogens with zero attached hydrogens (tertiary/aromatic N) is 3. The van der Waals surface area contributed by atoms with Crippen molar-refractivity contribution in [2.24, 2.45) is 0 Å². The molecule has 1 aromatic rings. The van der Waals surface area contributed by atoms with Crippen molar-refractivity contribution in [1.29, 1.82) is 0 Å². The molecule has 116 valence electrons. The summed E-state index contributed by atoms with van der Waals surface area (Å²) >= 11 is 0. The first-order valence-electron chi connectivity index (χ1n) is 7.58. The highest BCUT2D eigenvalue weighted by Gasteiger charge is 2.16. The van der Waals surface area contributed by atoms with E-state index in [0.29, 0.717) is 24.8 Å². The Bertz CT molecular complexity index is 471. The van der Waals surface area contributed by atoms with Gasteiger partial charge in [0.1, 0.15) is 5.69 Å². The van der Waals surface area contributed by atoms with E-state index in [2.05, 4.69) is 20.2 Å². The van der Waals surface area contributed by atoms with Gasteiger partial charge in [0.05, 0.1) is 6.61 Å². The van der Waals surface area contributed by atoms with Crippen LogP contribution in [0.25, 0.3) is 0 Å². The minimum atomic E-state index is -0.173. The predicted octanol–water partition coefficient (Wildman–Crippen LogP) is 1.54. The summed E-state index contributed by atoms with van der Waals surface area (Å²) < 4.78 is 4.93. The quantitative estimate of drug-likeness (QED) is 0.834. The van der Waals surface area contributed by atoms with Gasteiger partial charge in [0.15, 0.2) is 0 Å². The van der Waals surface area contributed by atoms with Crippen LogP contribution in [-0.4, -0.2) is 49.2 Å². The first kappa shape index (κ1) is 15.7. The van der Waals surface area contributed by atoms with Gasteiger partial charge in [-0.25, -0.2) is 9.97 Å². The van der Waals surface area contributed by atoms with Gasteiger partial charge in [0.25, 0.3) is 5.91 Å². The molecule has 1 fully saturated rings. The molecule has 0 bridgehead atoms. The number of ether oxygens (including phenoxy) is 1. The van der Waals surface area contributed by atoms with Gasteiger partial charge in [0, 0.05) is 32.4 Å². The first-order chi connectivity index (χ1) is 10.2. The number of amides is 1. The van der Waals surface area contributed by atoms with Crippen LogP contribution in [0, 0.1) is 6.92 Å². The van der Waals surface area contributed by atoms with E-state index in [1.165, 1.54) is 12.8 Å². The minimum Gasteiger partial charge on any atom is -0.383 e. The lowest BCUT2D eigenvalue weighted by Gasteiger charge is -2.20. The Morgan fingerprint density at radius 3 is 2.67 bits per heavy atom. The zero-order chi connectivity index (χ0) is 15.1. The van der Waals surface area contributed by atoms with E-state index in [0.717, 1.165) is 31.6 Å². The van der Waals surface area contributed by atoms with Crippen molar-refractivity contribution in [1.82, 2.24) is 15.3 Å². The summed E-state index contributed by atoms with van der Waals surface area (Å²) in [5.41, 5.74) is 1.25. The number of aromatic nitrogens is 2. The number of hydrogen-bond donors (Lipinski definition) is 1. The molecule has 0 aliphatic carbocycles. The predicted molar refractivity (Wildman–Crippen MR) is 81.7 cm³/mol. The molecule has 1 N–H and O–H groups in total. The highest BCUT2D eigenvalue weighted by Crippen LogP contribution is 2.16. The molecule has 1 amide bonds. The number of rotatable bonds is 5. The zero-order valence-corrected chi connectivity index (χ0v) is 12.9. The average Bonchev–Trinajstić information content (AvgIpc) is 2.76. The molecule has 1 aromatic heterocycles. The fourth-order valence-electron chi connectivity index (χ4n) is 2.44. The van der Waals surface area contributed by atoms with Crippen LogP contribution < -0.4 is 10.2 Å². The summed E-state index contributed by atoms with van der Waals surface area (Å²) in [6, 6.07) is 1.73. The zero-order valence-electron chi connectivity index (χ0n) is 12.9. The SMILES string of the molecule is COCCNC(=O)c1cc(C)nc(N2CCCCCC2)n1. The molecule has 0 spiro atoms. The van der Waals surface area contributed by atoms with E-state index >= 15 is 0 Å². The van der Waals surface area contributed by atoms with E-state index in [9.17, 15) is 4.79 Å². The fraction of sp³-hybridized carbons (Fsp3) is 0.667. The number of aryl methyl sites for hydroxylation is 1. The Balaban J connectivity index is 2.10. The van der Waals surface area contributed by atoms with Crippen LogP contribution in [0.2, 0.25) is 0 Å². The summed E-state index contributed by atoms with van der Waals surface area (Å²) in [6.07, 6.45) is 4.83. The van der Waals surface area contributed by atoms with Crippen molar-refractivity contribution in [2.75, 3.05) is 38.3 Å². The van der Waals surface area contributed by atoms with Gasteiger partial charge >= 0.3 is 0 Å². The Morgan fingerprint density at radius 2 is 2.00 bits per heavy atom. The molecule has 1 aliphatic heterocycles. The second-order valence-electron chi connectivity index (χ2n) is 5.34. The fourth-order valence-corrected chi connectivity index (χ4v) is 2.44. The molecule has 0 saturated carbocycles. The minimum absolute atomic E-state index is 0.173. The molecule has 2 rings (SSSR count). The molecule has 6 nitrogen and oxygen atoms in total. The van der Waals surface area contributed by atoms with E-state index in [4.69, 9.17) is 4.74 Å². The third kappa shape index (κ3) is 4.67. The summed E-state index contributed by atoms with van der Waals surface area (Å²) in [5, 5.41) is 2.80. The number of carbonyl (C=O) groups is 1. The molecular weight excluding hydrogens is 268 g/mol. The topological polar surface area (TPSA) is 67.3 Å². The summed E-state index contributed by atoms with van der Waals surface area (Å²) in [6.45, 7) is 4.81. The van der Waals surface area contributed by atoms with Crippen LogP contribution in [0.1, 0.15) is 41.9 Å². The number of methoxy groups -OCH3 is 1. The molecule has 0 aromatic carbocycles. The van der Waals surface area contributed by atoms with Gasteiger partial charge in [-0.15, -0.1) is 0 Å². The second-order valence-corrected chi connectivity index (χ2v) is 5.34.